The second kappa shape index (κ2) is 7.41. The molecule has 1 aromatic rings. The Bertz CT molecular complexity index is 416. The van der Waals surface area contributed by atoms with Gasteiger partial charge >= 0.3 is 0 Å². The van der Waals surface area contributed by atoms with Crippen molar-refractivity contribution in [2.75, 3.05) is 19.6 Å². The summed E-state index contributed by atoms with van der Waals surface area (Å²) in [6.07, 6.45) is 8.45. The van der Waals surface area contributed by atoms with E-state index in [2.05, 4.69) is 48.3 Å². The lowest BCUT2D eigenvalue weighted by Gasteiger charge is -2.46. The van der Waals surface area contributed by atoms with E-state index in [-0.39, 0.29) is 0 Å². The van der Waals surface area contributed by atoms with Crippen molar-refractivity contribution in [3.63, 3.8) is 0 Å². The molecule has 1 aliphatic rings. The molecule has 4 heteroatoms. The van der Waals surface area contributed by atoms with Crippen LogP contribution in [-0.2, 0) is 13.5 Å². The molecule has 0 saturated heterocycles. The number of likely N-dealkylation sites (N-methyl/N-ethyl adjacent to an activating group) is 2. The maximum atomic E-state index is 4.60. The van der Waals surface area contributed by atoms with Gasteiger partial charge in [-0.05, 0) is 38.5 Å². The van der Waals surface area contributed by atoms with E-state index in [1.807, 2.05) is 11.7 Å². The van der Waals surface area contributed by atoms with Crippen molar-refractivity contribution >= 4 is 0 Å². The molecule has 4 nitrogen and oxygen atoms in total. The van der Waals surface area contributed by atoms with Crippen LogP contribution in [0.25, 0.3) is 0 Å². The van der Waals surface area contributed by atoms with Crippen LogP contribution >= 0.6 is 0 Å². The topological polar surface area (TPSA) is 33.1 Å². The zero-order chi connectivity index (χ0) is 15.3. The number of nitrogens with one attached hydrogen (secondary N) is 1. The third-order valence-corrected chi connectivity index (χ3v) is 5.14. The maximum Gasteiger partial charge on any atom is 0.0640 e. The first-order valence-corrected chi connectivity index (χ1v) is 8.63. The van der Waals surface area contributed by atoms with Gasteiger partial charge in [-0.2, -0.15) is 5.10 Å². The molecule has 1 unspecified atom stereocenters. The molecule has 0 bridgehead atoms. The van der Waals surface area contributed by atoms with E-state index in [0.717, 1.165) is 26.1 Å². The highest BCUT2D eigenvalue weighted by atomic mass is 15.3. The van der Waals surface area contributed by atoms with Crippen molar-refractivity contribution in [1.29, 1.82) is 0 Å². The summed E-state index contributed by atoms with van der Waals surface area (Å²) in [5.41, 5.74) is 1.53. The Labute approximate surface area is 129 Å². The lowest BCUT2D eigenvalue weighted by molar-refractivity contribution is 0.0631. The first-order chi connectivity index (χ1) is 10.2. The highest BCUT2D eigenvalue weighted by Crippen LogP contribution is 2.39. The van der Waals surface area contributed by atoms with Gasteiger partial charge in [0.2, 0.25) is 0 Å². The molecule has 0 amide bonds. The van der Waals surface area contributed by atoms with E-state index in [1.165, 1.54) is 31.4 Å². The molecule has 0 aliphatic heterocycles. The van der Waals surface area contributed by atoms with Crippen LogP contribution in [0.4, 0.5) is 0 Å². The summed E-state index contributed by atoms with van der Waals surface area (Å²) in [6.45, 7) is 10.1. The van der Waals surface area contributed by atoms with Gasteiger partial charge in [0.05, 0.1) is 5.69 Å². The molecule has 2 rings (SSSR count). The molecule has 21 heavy (non-hydrogen) atoms. The Kier molecular flexibility index (Phi) is 5.82. The van der Waals surface area contributed by atoms with Crippen LogP contribution in [0.15, 0.2) is 12.3 Å². The van der Waals surface area contributed by atoms with Crippen molar-refractivity contribution in [1.82, 2.24) is 20.0 Å². The van der Waals surface area contributed by atoms with E-state index >= 15 is 0 Å². The average Bonchev–Trinajstić information content (AvgIpc) is 3.10. The fourth-order valence-electron chi connectivity index (χ4n) is 4.21. The van der Waals surface area contributed by atoms with Gasteiger partial charge in [-0.1, -0.05) is 33.6 Å². The van der Waals surface area contributed by atoms with Crippen LogP contribution in [0, 0.1) is 0 Å². The Morgan fingerprint density at radius 3 is 2.43 bits per heavy atom. The molecular weight excluding hydrogens is 260 g/mol. The molecule has 1 fully saturated rings. The largest absolute Gasteiger partial charge is 0.312 e. The third-order valence-electron chi connectivity index (χ3n) is 5.14. The van der Waals surface area contributed by atoms with E-state index in [9.17, 15) is 0 Å². The highest BCUT2D eigenvalue weighted by molar-refractivity contribution is 5.10. The quantitative estimate of drug-likeness (QED) is 0.799. The van der Waals surface area contributed by atoms with E-state index in [0.29, 0.717) is 11.6 Å². The van der Waals surface area contributed by atoms with Crippen LogP contribution < -0.4 is 5.32 Å². The standard InChI is InChI=1S/C17H32N4/c1-5-18-16(14-15-10-13-20(4)19-15)17(11-8-9-12-17)21(6-2)7-3/h10,13,16,18H,5-9,11-12,14H2,1-4H3. The summed E-state index contributed by atoms with van der Waals surface area (Å²) < 4.78 is 1.91. The molecule has 0 aromatic carbocycles. The first-order valence-electron chi connectivity index (χ1n) is 8.63. The lowest BCUT2D eigenvalue weighted by atomic mass is 9.83. The molecule has 1 aliphatic carbocycles. The van der Waals surface area contributed by atoms with E-state index < -0.39 is 0 Å². The minimum atomic E-state index is 0.316. The SMILES string of the molecule is CCNC(Cc1ccn(C)n1)C1(N(CC)CC)CCCC1. The van der Waals surface area contributed by atoms with Gasteiger partial charge in [-0.3, -0.25) is 9.58 Å². The number of rotatable bonds is 8. The summed E-state index contributed by atoms with van der Waals surface area (Å²) >= 11 is 0. The fraction of sp³-hybridized carbons (Fsp3) is 0.824. The molecule has 1 atom stereocenters. The Balaban J connectivity index is 2.23. The predicted octanol–water partition coefficient (Wildman–Crippen LogP) is 2.60. The van der Waals surface area contributed by atoms with Crippen molar-refractivity contribution < 1.29 is 0 Å². The molecule has 120 valence electrons. The smallest absolute Gasteiger partial charge is 0.0640 e. The van der Waals surface area contributed by atoms with Crippen LogP contribution in [-0.4, -0.2) is 45.9 Å². The number of hydrogen-bond acceptors (Lipinski definition) is 3. The minimum Gasteiger partial charge on any atom is -0.312 e. The summed E-state index contributed by atoms with van der Waals surface area (Å²) in [7, 11) is 2.00. The van der Waals surface area contributed by atoms with E-state index in [4.69, 9.17) is 0 Å². The minimum absolute atomic E-state index is 0.316. The van der Waals surface area contributed by atoms with Crippen LogP contribution in [0.1, 0.15) is 52.1 Å². The molecule has 1 N–H and O–H groups in total. The number of aromatic nitrogens is 2. The summed E-state index contributed by atoms with van der Waals surface area (Å²) in [5, 5.41) is 8.39. The Morgan fingerprint density at radius 2 is 1.95 bits per heavy atom. The van der Waals surface area contributed by atoms with Gasteiger partial charge < -0.3 is 5.32 Å². The van der Waals surface area contributed by atoms with Crippen LogP contribution in [0.5, 0.6) is 0 Å². The van der Waals surface area contributed by atoms with Gasteiger partial charge in [0.15, 0.2) is 0 Å². The first kappa shape index (κ1) is 16.5. The van der Waals surface area contributed by atoms with Crippen LogP contribution in [0.2, 0.25) is 0 Å². The zero-order valence-corrected chi connectivity index (χ0v) is 14.2. The van der Waals surface area contributed by atoms with Crippen molar-refractivity contribution in [2.45, 2.75) is 64.5 Å². The number of hydrogen-bond donors (Lipinski definition) is 1. The number of nitrogens with zero attached hydrogens (tertiary/aromatic N) is 3. The second-order valence-electron chi connectivity index (χ2n) is 6.28. The normalized spacial score (nSPS) is 19.3. The average molecular weight is 292 g/mol. The third kappa shape index (κ3) is 3.49. The lowest BCUT2D eigenvalue weighted by Crippen LogP contribution is -2.60. The van der Waals surface area contributed by atoms with Crippen molar-refractivity contribution in [2.24, 2.45) is 7.05 Å². The van der Waals surface area contributed by atoms with Gasteiger partial charge in [0, 0.05) is 31.2 Å². The predicted molar refractivity (Wildman–Crippen MR) is 88.5 cm³/mol. The summed E-state index contributed by atoms with van der Waals surface area (Å²) in [4.78, 5) is 2.69. The van der Waals surface area contributed by atoms with Crippen molar-refractivity contribution in [3.8, 4) is 0 Å². The summed E-state index contributed by atoms with van der Waals surface area (Å²) in [6, 6.07) is 2.66. The Morgan fingerprint density at radius 1 is 1.29 bits per heavy atom. The van der Waals surface area contributed by atoms with Crippen molar-refractivity contribution in [3.05, 3.63) is 18.0 Å². The molecular formula is C17H32N4. The Hall–Kier alpha value is -0.870. The zero-order valence-electron chi connectivity index (χ0n) is 14.2. The molecule has 0 spiro atoms. The molecule has 1 aromatic heterocycles. The molecule has 0 radical (unpaired) electrons. The van der Waals surface area contributed by atoms with E-state index in [1.54, 1.807) is 0 Å². The molecule has 1 saturated carbocycles. The monoisotopic (exact) mass is 292 g/mol. The fourth-order valence-corrected chi connectivity index (χ4v) is 4.21. The molecule has 1 heterocycles. The maximum absolute atomic E-state index is 4.60. The van der Waals surface area contributed by atoms with Gasteiger partial charge in [0.1, 0.15) is 0 Å². The highest BCUT2D eigenvalue weighted by Gasteiger charge is 2.44. The van der Waals surface area contributed by atoms with Crippen LogP contribution in [0.3, 0.4) is 0 Å². The van der Waals surface area contributed by atoms with Gasteiger partial charge in [-0.15, -0.1) is 0 Å². The summed E-state index contributed by atoms with van der Waals surface area (Å²) in [5.74, 6) is 0. The second-order valence-corrected chi connectivity index (χ2v) is 6.28. The number of aryl methyl sites for hydroxylation is 1. The van der Waals surface area contributed by atoms with Gasteiger partial charge in [0.25, 0.3) is 0 Å². The van der Waals surface area contributed by atoms with Gasteiger partial charge in [-0.25, -0.2) is 0 Å².